The van der Waals surface area contributed by atoms with Gasteiger partial charge in [0.15, 0.2) is 0 Å². The van der Waals surface area contributed by atoms with Crippen LogP contribution in [0.4, 0.5) is 0 Å². The number of hydrogen-bond donors (Lipinski definition) is 1. The first kappa shape index (κ1) is 12.7. The van der Waals surface area contributed by atoms with Crippen LogP contribution in [0.1, 0.15) is 65.7 Å². The molecule has 0 aromatic rings. The van der Waals surface area contributed by atoms with Crippen LogP contribution < -0.4 is 0 Å². The summed E-state index contributed by atoms with van der Waals surface area (Å²) in [4.78, 5) is 0. The van der Waals surface area contributed by atoms with Gasteiger partial charge >= 0.3 is 0 Å². The second-order valence-corrected chi connectivity index (χ2v) is 8.99. The van der Waals surface area contributed by atoms with Gasteiger partial charge in [-0.3, -0.25) is 0 Å². The topological polar surface area (TPSA) is 20.2 Å². The second kappa shape index (κ2) is 3.78. The molecule has 7 unspecified atom stereocenters. The molecule has 0 bridgehead atoms. The third kappa shape index (κ3) is 1.46. The lowest BCUT2D eigenvalue weighted by molar-refractivity contribution is -0.0190. The lowest BCUT2D eigenvalue weighted by atomic mass is 9.58. The van der Waals surface area contributed by atoms with Crippen molar-refractivity contribution >= 4 is 0 Å². The highest BCUT2D eigenvalue weighted by molar-refractivity contribution is 5.12. The third-order valence-corrected chi connectivity index (χ3v) is 8.14. The van der Waals surface area contributed by atoms with E-state index in [4.69, 9.17) is 0 Å². The van der Waals surface area contributed by atoms with E-state index in [1.165, 1.54) is 44.9 Å². The molecule has 8 atom stereocenters. The molecule has 4 aliphatic rings. The third-order valence-electron chi connectivity index (χ3n) is 8.14. The van der Waals surface area contributed by atoms with Gasteiger partial charge in [0.2, 0.25) is 0 Å². The van der Waals surface area contributed by atoms with Crippen LogP contribution in [-0.4, -0.2) is 11.2 Å². The summed E-state index contributed by atoms with van der Waals surface area (Å²) in [6, 6.07) is 0. The van der Waals surface area contributed by atoms with Crippen LogP contribution in [0.15, 0.2) is 0 Å². The zero-order chi connectivity index (χ0) is 13.4. The van der Waals surface area contributed by atoms with Crippen LogP contribution in [0, 0.1) is 40.4 Å². The maximum Gasteiger partial charge on any atom is 0.0599 e. The van der Waals surface area contributed by atoms with Crippen LogP contribution in [0.25, 0.3) is 0 Å². The molecule has 4 aliphatic carbocycles. The minimum Gasteiger partial charge on any atom is -0.393 e. The fourth-order valence-electron chi connectivity index (χ4n) is 7.35. The van der Waals surface area contributed by atoms with E-state index in [0.29, 0.717) is 22.7 Å². The van der Waals surface area contributed by atoms with Crippen LogP contribution >= 0.6 is 0 Å². The molecule has 0 amide bonds. The minimum absolute atomic E-state index is 0.0146. The highest BCUT2D eigenvalue weighted by Crippen LogP contribution is 2.70. The highest BCUT2D eigenvalue weighted by atomic mass is 16.3. The molecule has 4 fully saturated rings. The monoisotopic (exact) mass is 262 g/mol. The summed E-state index contributed by atoms with van der Waals surface area (Å²) in [5.41, 5.74) is 1.11. The van der Waals surface area contributed by atoms with Crippen LogP contribution in [0.2, 0.25) is 0 Å². The molecule has 0 aromatic heterocycles. The van der Waals surface area contributed by atoms with E-state index in [2.05, 4.69) is 20.8 Å². The van der Waals surface area contributed by atoms with Gasteiger partial charge in [0.1, 0.15) is 0 Å². The Balaban J connectivity index is 1.69. The van der Waals surface area contributed by atoms with E-state index in [9.17, 15) is 5.11 Å². The number of fused-ring (bicyclic) bond motifs is 5. The van der Waals surface area contributed by atoms with Gasteiger partial charge in [-0.25, -0.2) is 0 Å². The van der Waals surface area contributed by atoms with Crippen molar-refractivity contribution in [3.63, 3.8) is 0 Å². The van der Waals surface area contributed by atoms with Gasteiger partial charge in [-0.1, -0.05) is 27.2 Å². The molecule has 0 aromatic carbocycles. The molecule has 0 aliphatic heterocycles. The summed E-state index contributed by atoms with van der Waals surface area (Å²) < 4.78 is 0. The first-order valence-corrected chi connectivity index (χ1v) is 8.64. The zero-order valence-corrected chi connectivity index (χ0v) is 12.9. The van der Waals surface area contributed by atoms with Crippen molar-refractivity contribution in [1.29, 1.82) is 0 Å². The summed E-state index contributed by atoms with van der Waals surface area (Å²) in [7, 11) is 0. The van der Waals surface area contributed by atoms with Crippen molar-refractivity contribution in [2.24, 2.45) is 40.4 Å². The molecular formula is C18H30O. The first-order chi connectivity index (χ1) is 8.96. The summed E-state index contributed by atoms with van der Waals surface area (Å²) in [6.45, 7) is 7.39. The Hall–Kier alpha value is -0.0400. The zero-order valence-electron chi connectivity index (χ0n) is 12.9. The Labute approximate surface area is 118 Å². The van der Waals surface area contributed by atoms with E-state index in [1.807, 2.05) is 0 Å². The van der Waals surface area contributed by atoms with Gasteiger partial charge in [-0.05, 0) is 78.9 Å². The number of aliphatic hydroxyl groups is 1. The fraction of sp³-hybridized carbons (Fsp3) is 1.00. The van der Waals surface area contributed by atoms with Crippen molar-refractivity contribution in [3.8, 4) is 0 Å². The molecule has 19 heavy (non-hydrogen) atoms. The van der Waals surface area contributed by atoms with Gasteiger partial charge < -0.3 is 5.11 Å². The van der Waals surface area contributed by atoms with E-state index in [0.717, 1.165) is 17.8 Å². The predicted octanol–water partition coefficient (Wildman–Crippen LogP) is 4.25. The van der Waals surface area contributed by atoms with Crippen molar-refractivity contribution in [2.45, 2.75) is 71.8 Å². The van der Waals surface area contributed by atoms with Gasteiger partial charge in [0.05, 0.1) is 6.10 Å². The normalized spacial score (nSPS) is 63.8. The van der Waals surface area contributed by atoms with Gasteiger partial charge in [-0.2, -0.15) is 0 Å². The number of hydrogen-bond acceptors (Lipinski definition) is 1. The van der Waals surface area contributed by atoms with E-state index in [1.54, 1.807) is 0 Å². The Bertz CT molecular complexity index is 391. The quantitative estimate of drug-likeness (QED) is 0.692. The first-order valence-electron chi connectivity index (χ1n) is 8.64. The lowest BCUT2D eigenvalue weighted by Gasteiger charge is -2.47. The van der Waals surface area contributed by atoms with Crippen molar-refractivity contribution in [2.75, 3.05) is 0 Å². The van der Waals surface area contributed by atoms with E-state index < -0.39 is 0 Å². The van der Waals surface area contributed by atoms with Gasteiger partial charge in [0, 0.05) is 0 Å². The summed E-state index contributed by atoms with van der Waals surface area (Å²) in [5, 5.41) is 10.5. The van der Waals surface area contributed by atoms with E-state index in [-0.39, 0.29) is 6.10 Å². The molecule has 1 nitrogen and oxygen atoms in total. The summed E-state index contributed by atoms with van der Waals surface area (Å²) in [5.74, 6) is 4.06. The number of aliphatic hydroxyl groups excluding tert-OH is 1. The molecule has 4 saturated carbocycles. The molecule has 0 spiro atoms. The minimum atomic E-state index is -0.0146. The average Bonchev–Trinajstić information content (AvgIpc) is 2.90. The van der Waals surface area contributed by atoms with Crippen LogP contribution in [-0.2, 0) is 0 Å². The largest absolute Gasteiger partial charge is 0.393 e. The van der Waals surface area contributed by atoms with E-state index >= 15 is 0 Å². The molecule has 4 rings (SSSR count). The highest BCUT2D eigenvalue weighted by Gasteiger charge is 2.63. The SMILES string of the molecule is CC1CC2(C)C(CCC3C2C[C@]2(C)CCCC32)C1O. The molecule has 108 valence electrons. The molecule has 1 heteroatoms. The molecule has 1 N–H and O–H groups in total. The maximum absolute atomic E-state index is 10.5. The molecule has 0 saturated heterocycles. The lowest BCUT2D eigenvalue weighted by Crippen LogP contribution is -2.42. The fourth-order valence-corrected chi connectivity index (χ4v) is 7.35. The molecule has 0 radical (unpaired) electrons. The Morgan fingerprint density at radius 3 is 2.53 bits per heavy atom. The van der Waals surface area contributed by atoms with Crippen LogP contribution in [0.3, 0.4) is 0 Å². The Morgan fingerprint density at radius 2 is 1.74 bits per heavy atom. The predicted molar refractivity (Wildman–Crippen MR) is 77.7 cm³/mol. The summed E-state index contributed by atoms with van der Waals surface area (Å²) in [6.07, 6.45) is 9.89. The van der Waals surface area contributed by atoms with Crippen molar-refractivity contribution < 1.29 is 5.11 Å². The Morgan fingerprint density at radius 1 is 0.947 bits per heavy atom. The standard InChI is InChI=1S/C18H30O/c1-11-9-18(3)14(16(11)19)7-6-12-13-5-4-8-17(13,2)10-15(12)18/h11-16,19H,4-10H2,1-3H3/t11?,12?,13?,14?,15?,16?,17-,18?/m0/s1. The maximum atomic E-state index is 10.5. The Kier molecular flexibility index (Phi) is 2.52. The second-order valence-electron chi connectivity index (χ2n) is 8.99. The number of rotatable bonds is 0. The molecule has 0 heterocycles. The van der Waals surface area contributed by atoms with Crippen molar-refractivity contribution in [3.05, 3.63) is 0 Å². The van der Waals surface area contributed by atoms with Gasteiger partial charge in [-0.15, -0.1) is 0 Å². The van der Waals surface area contributed by atoms with Gasteiger partial charge in [0.25, 0.3) is 0 Å². The van der Waals surface area contributed by atoms with Crippen LogP contribution in [0.5, 0.6) is 0 Å². The molecular weight excluding hydrogens is 232 g/mol. The average molecular weight is 262 g/mol. The smallest absolute Gasteiger partial charge is 0.0599 e. The van der Waals surface area contributed by atoms with Crippen molar-refractivity contribution in [1.82, 2.24) is 0 Å². The summed E-state index contributed by atoms with van der Waals surface area (Å²) >= 11 is 0.